The number of halogens is 2. The summed E-state index contributed by atoms with van der Waals surface area (Å²) in [4.78, 5) is 9.77. The molecule has 0 aliphatic heterocycles. The first-order valence-electron chi connectivity index (χ1n) is 2.60. The molecule has 54 valence electrons. The molecule has 0 unspecified atom stereocenters. The topological polar surface area (TPSA) is 26.3 Å². The fourth-order valence-corrected chi connectivity index (χ4v) is 0.384. The van der Waals surface area contributed by atoms with E-state index in [9.17, 15) is 4.79 Å². The summed E-state index contributed by atoms with van der Waals surface area (Å²) < 4.78 is 4.55. The molecule has 0 aromatic rings. The van der Waals surface area contributed by atoms with Crippen molar-refractivity contribution < 1.29 is 9.53 Å². The molecular formula is C5H8Cl2O2. The van der Waals surface area contributed by atoms with Crippen molar-refractivity contribution in [2.45, 2.75) is 18.2 Å². The number of hydrogen-bond acceptors (Lipinski definition) is 2. The van der Waals surface area contributed by atoms with Gasteiger partial charge in [-0.25, -0.2) is 0 Å². The fourth-order valence-electron chi connectivity index (χ4n) is 0.258. The molecule has 9 heavy (non-hydrogen) atoms. The molecule has 0 spiro atoms. The molecule has 0 rings (SSSR count). The quantitative estimate of drug-likeness (QED) is 0.477. The number of hydrogen-bond donors (Lipinski definition) is 0. The lowest BCUT2D eigenvalue weighted by Crippen LogP contribution is -2.08. The van der Waals surface area contributed by atoms with Crippen LogP contribution >= 0.6 is 23.2 Å². The van der Waals surface area contributed by atoms with Gasteiger partial charge in [0.05, 0.1) is 0 Å². The Kier molecular flexibility index (Phi) is 4.91. The van der Waals surface area contributed by atoms with E-state index in [0.29, 0.717) is 6.42 Å². The molecule has 0 heterocycles. The van der Waals surface area contributed by atoms with Gasteiger partial charge >= 0.3 is 5.97 Å². The highest BCUT2D eigenvalue weighted by molar-refractivity contribution is 6.44. The summed E-state index contributed by atoms with van der Waals surface area (Å²) in [5, 5.41) is 0. The van der Waals surface area contributed by atoms with Crippen molar-refractivity contribution in [2.75, 3.05) is 6.61 Å². The molecule has 0 fully saturated rings. The first-order valence-corrected chi connectivity index (χ1v) is 3.48. The van der Waals surface area contributed by atoms with Gasteiger partial charge in [-0.2, -0.15) is 0 Å². The second-order valence-electron chi connectivity index (χ2n) is 1.43. The van der Waals surface area contributed by atoms with Crippen LogP contribution in [0.15, 0.2) is 0 Å². The summed E-state index contributed by atoms with van der Waals surface area (Å²) in [5.74, 6) is -0.277. The Morgan fingerprint density at radius 3 is 2.56 bits per heavy atom. The van der Waals surface area contributed by atoms with E-state index in [1.807, 2.05) is 0 Å². The molecule has 2 nitrogen and oxygen atoms in total. The van der Waals surface area contributed by atoms with Crippen LogP contribution in [0.25, 0.3) is 0 Å². The van der Waals surface area contributed by atoms with Crippen molar-refractivity contribution >= 4 is 29.2 Å². The van der Waals surface area contributed by atoms with Crippen molar-refractivity contribution in [3.05, 3.63) is 0 Å². The first-order chi connectivity index (χ1) is 4.16. The van der Waals surface area contributed by atoms with E-state index in [2.05, 4.69) is 4.74 Å². The van der Waals surface area contributed by atoms with Crippen LogP contribution < -0.4 is 0 Å². The Balaban J connectivity index is 3.17. The summed E-state index contributed by atoms with van der Waals surface area (Å²) in [6, 6.07) is 0. The summed E-state index contributed by atoms with van der Waals surface area (Å²) in [5.41, 5.74) is 0. The van der Waals surface area contributed by atoms with Crippen molar-refractivity contribution in [2.24, 2.45) is 0 Å². The maximum absolute atomic E-state index is 10.4. The number of carbonyl (C=O) groups is 1. The van der Waals surface area contributed by atoms with Crippen LogP contribution in [0.1, 0.15) is 13.3 Å². The zero-order chi connectivity index (χ0) is 7.28. The third-order valence-electron chi connectivity index (χ3n) is 0.659. The van der Waals surface area contributed by atoms with Crippen molar-refractivity contribution in [1.82, 2.24) is 0 Å². The SMILES string of the molecule is CCC(=O)OCC(Cl)Cl. The lowest BCUT2D eigenvalue weighted by molar-refractivity contribution is -0.142. The van der Waals surface area contributed by atoms with E-state index >= 15 is 0 Å². The zero-order valence-electron chi connectivity index (χ0n) is 5.06. The molecule has 0 N–H and O–H groups in total. The Morgan fingerprint density at radius 2 is 2.22 bits per heavy atom. The standard InChI is InChI=1S/C5H8Cl2O2/c1-2-5(8)9-3-4(6)7/h4H,2-3H2,1H3. The molecular weight excluding hydrogens is 163 g/mol. The van der Waals surface area contributed by atoms with Crippen LogP contribution in [-0.2, 0) is 9.53 Å². The second kappa shape index (κ2) is 4.89. The normalized spacial score (nSPS) is 9.78. The Hall–Kier alpha value is 0.0500. The number of ether oxygens (including phenoxy) is 1. The largest absolute Gasteiger partial charge is 0.463 e. The molecule has 0 aliphatic rings. The average molecular weight is 171 g/mol. The maximum Gasteiger partial charge on any atom is 0.305 e. The predicted molar refractivity (Wildman–Crippen MR) is 36.7 cm³/mol. The smallest absolute Gasteiger partial charge is 0.305 e. The van der Waals surface area contributed by atoms with Gasteiger partial charge in [0.15, 0.2) is 0 Å². The summed E-state index contributed by atoms with van der Waals surface area (Å²) in [7, 11) is 0. The number of alkyl halides is 2. The fraction of sp³-hybridized carbons (Fsp3) is 0.800. The Morgan fingerprint density at radius 1 is 1.67 bits per heavy atom. The van der Waals surface area contributed by atoms with E-state index in [4.69, 9.17) is 23.2 Å². The molecule has 0 saturated heterocycles. The van der Waals surface area contributed by atoms with Gasteiger partial charge in [-0.3, -0.25) is 4.79 Å². The summed E-state index contributed by atoms with van der Waals surface area (Å²) in [6.45, 7) is 1.79. The summed E-state index contributed by atoms with van der Waals surface area (Å²) in [6.07, 6.45) is 0.362. The lowest BCUT2D eigenvalue weighted by Gasteiger charge is -2.01. The van der Waals surface area contributed by atoms with E-state index in [1.54, 1.807) is 6.92 Å². The van der Waals surface area contributed by atoms with Crippen LogP contribution in [0.2, 0.25) is 0 Å². The van der Waals surface area contributed by atoms with Crippen molar-refractivity contribution in [3.8, 4) is 0 Å². The van der Waals surface area contributed by atoms with Crippen LogP contribution in [0.3, 0.4) is 0 Å². The molecule has 0 amide bonds. The third kappa shape index (κ3) is 5.93. The van der Waals surface area contributed by atoms with E-state index in [1.165, 1.54) is 0 Å². The highest BCUT2D eigenvalue weighted by Crippen LogP contribution is 2.01. The highest BCUT2D eigenvalue weighted by Gasteiger charge is 2.02. The minimum absolute atomic E-state index is 0.0792. The predicted octanol–water partition coefficient (Wildman–Crippen LogP) is 1.74. The molecule has 0 radical (unpaired) electrons. The van der Waals surface area contributed by atoms with Gasteiger partial charge in [-0.1, -0.05) is 6.92 Å². The van der Waals surface area contributed by atoms with Gasteiger partial charge in [-0.05, 0) is 0 Å². The Bertz CT molecular complexity index is 93.0. The van der Waals surface area contributed by atoms with Crippen molar-refractivity contribution in [1.29, 1.82) is 0 Å². The highest BCUT2D eigenvalue weighted by atomic mass is 35.5. The molecule has 0 aliphatic carbocycles. The Labute approximate surface area is 64.1 Å². The number of carbonyl (C=O) groups excluding carboxylic acids is 1. The minimum atomic E-state index is -0.611. The van der Waals surface area contributed by atoms with Gasteiger partial charge < -0.3 is 4.74 Å². The van der Waals surface area contributed by atoms with E-state index in [0.717, 1.165) is 0 Å². The van der Waals surface area contributed by atoms with Gasteiger partial charge in [-0.15, -0.1) is 23.2 Å². The van der Waals surface area contributed by atoms with Crippen LogP contribution in [0.4, 0.5) is 0 Å². The first kappa shape index (κ1) is 9.05. The molecule has 0 saturated carbocycles. The molecule has 4 heteroatoms. The lowest BCUT2D eigenvalue weighted by atomic mass is 10.5. The van der Waals surface area contributed by atoms with Gasteiger partial charge in [0.1, 0.15) is 11.4 Å². The molecule has 0 aromatic heterocycles. The van der Waals surface area contributed by atoms with Gasteiger partial charge in [0, 0.05) is 6.42 Å². The minimum Gasteiger partial charge on any atom is -0.463 e. The monoisotopic (exact) mass is 170 g/mol. The van der Waals surface area contributed by atoms with Gasteiger partial charge in [0.25, 0.3) is 0 Å². The summed E-state index contributed by atoms with van der Waals surface area (Å²) >= 11 is 10.5. The van der Waals surface area contributed by atoms with E-state index in [-0.39, 0.29) is 12.6 Å². The van der Waals surface area contributed by atoms with E-state index < -0.39 is 4.84 Å². The zero-order valence-corrected chi connectivity index (χ0v) is 6.58. The molecule has 0 aromatic carbocycles. The molecule has 0 bridgehead atoms. The number of esters is 1. The van der Waals surface area contributed by atoms with Gasteiger partial charge in [0.2, 0.25) is 0 Å². The van der Waals surface area contributed by atoms with Crippen molar-refractivity contribution in [3.63, 3.8) is 0 Å². The average Bonchev–Trinajstić information content (AvgIpc) is 1.83. The third-order valence-corrected chi connectivity index (χ3v) is 0.911. The number of rotatable bonds is 3. The second-order valence-corrected chi connectivity index (χ2v) is 2.70. The maximum atomic E-state index is 10.4. The van der Waals surface area contributed by atoms with Crippen LogP contribution in [0.5, 0.6) is 0 Å². The van der Waals surface area contributed by atoms with Crippen LogP contribution in [-0.4, -0.2) is 17.4 Å². The molecule has 0 atom stereocenters. The van der Waals surface area contributed by atoms with Crippen LogP contribution in [0, 0.1) is 0 Å².